The smallest absolute Gasteiger partial charge is 0.151 e. The number of hydrogen-bond acceptors (Lipinski definition) is 4. The maximum atomic E-state index is 13.6. The summed E-state index contributed by atoms with van der Waals surface area (Å²) < 4.78 is 30.7. The van der Waals surface area contributed by atoms with E-state index >= 15 is 0 Å². The molecule has 0 saturated carbocycles. The van der Waals surface area contributed by atoms with Gasteiger partial charge in [0.15, 0.2) is 6.10 Å². The van der Waals surface area contributed by atoms with E-state index < -0.39 is 11.9 Å². The van der Waals surface area contributed by atoms with Gasteiger partial charge in [-0.2, -0.15) is 0 Å². The third kappa shape index (κ3) is 3.98. The lowest BCUT2D eigenvalue weighted by Gasteiger charge is -2.32. The van der Waals surface area contributed by atoms with E-state index in [1.54, 1.807) is 7.11 Å². The van der Waals surface area contributed by atoms with Crippen LogP contribution in [0, 0.1) is 5.82 Å². The molecule has 1 aliphatic rings. The molecule has 0 aromatic heterocycles. The zero-order valence-corrected chi connectivity index (χ0v) is 14.1. The van der Waals surface area contributed by atoms with Gasteiger partial charge in [0, 0.05) is 19.2 Å². The van der Waals surface area contributed by atoms with Crippen molar-refractivity contribution in [3.8, 4) is 11.5 Å². The van der Waals surface area contributed by atoms with Crippen LogP contribution in [0.4, 0.5) is 4.39 Å². The number of benzene rings is 2. The molecular weight excluding hydrogens is 333 g/mol. The molecule has 0 unspecified atom stereocenters. The summed E-state index contributed by atoms with van der Waals surface area (Å²) in [5, 5.41) is 3.64. The Kier molecular flexibility index (Phi) is 5.56. The number of morpholine rings is 1. The lowest BCUT2D eigenvalue weighted by Crippen LogP contribution is -2.43. The highest BCUT2D eigenvalue weighted by Crippen LogP contribution is 2.33. The van der Waals surface area contributed by atoms with E-state index in [0.29, 0.717) is 23.9 Å². The van der Waals surface area contributed by atoms with Gasteiger partial charge in [-0.1, -0.05) is 23.7 Å². The lowest BCUT2D eigenvalue weighted by atomic mass is 10.0. The second-order valence-electron chi connectivity index (χ2n) is 5.50. The van der Waals surface area contributed by atoms with Crippen LogP contribution in [0.5, 0.6) is 11.5 Å². The molecular formula is C18H19ClFNO3. The van der Waals surface area contributed by atoms with E-state index in [4.69, 9.17) is 25.8 Å². The number of rotatable bonds is 5. The van der Waals surface area contributed by atoms with Gasteiger partial charge in [0.25, 0.3) is 0 Å². The van der Waals surface area contributed by atoms with E-state index in [9.17, 15) is 4.39 Å². The van der Waals surface area contributed by atoms with Gasteiger partial charge < -0.3 is 19.5 Å². The summed E-state index contributed by atoms with van der Waals surface area (Å²) in [7, 11) is 1.61. The summed E-state index contributed by atoms with van der Waals surface area (Å²) in [4.78, 5) is 0. The highest BCUT2D eigenvalue weighted by molar-refractivity contribution is 6.32. The molecule has 1 heterocycles. The zero-order chi connectivity index (χ0) is 16.9. The van der Waals surface area contributed by atoms with Crippen LogP contribution in [-0.2, 0) is 4.74 Å². The fourth-order valence-corrected chi connectivity index (χ4v) is 2.82. The fourth-order valence-electron chi connectivity index (χ4n) is 2.66. The van der Waals surface area contributed by atoms with Crippen molar-refractivity contribution in [2.45, 2.75) is 12.2 Å². The quantitative estimate of drug-likeness (QED) is 0.893. The first kappa shape index (κ1) is 17.0. The Bertz CT molecular complexity index is 692. The average molecular weight is 352 g/mol. The highest BCUT2D eigenvalue weighted by Gasteiger charge is 2.29. The Morgan fingerprint density at radius 1 is 1.29 bits per heavy atom. The molecule has 0 amide bonds. The van der Waals surface area contributed by atoms with Crippen LogP contribution >= 0.6 is 11.6 Å². The maximum Gasteiger partial charge on any atom is 0.151 e. The first-order valence-electron chi connectivity index (χ1n) is 7.75. The van der Waals surface area contributed by atoms with Crippen LogP contribution in [0.1, 0.15) is 11.7 Å². The standard InChI is InChI=1S/C18H19ClFNO3/c1-22-14-4-2-3-12(9-14)18(17-11-21-7-8-23-17)24-16-10-13(20)5-6-15(16)19/h2-6,9-10,17-18,21H,7-8,11H2,1H3/t17-,18-/m0/s1. The van der Waals surface area contributed by atoms with Gasteiger partial charge in [-0.15, -0.1) is 0 Å². The Hall–Kier alpha value is -1.82. The topological polar surface area (TPSA) is 39.7 Å². The largest absolute Gasteiger partial charge is 0.497 e. The highest BCUT2D eigenvalue weighted by atomic mass is 35.5. The molecule has 1 aliphatic heterocycles. The summed E-state index contributed by atoms with van der Waals surface area (Å²) in [6, 6.07) is 11.6. The number of hydrogen-bond donors (Lipinski definition) is 1. The summed E-state index contributed by atoms with van der Waals surface area (Å²) >= 11 is 6.15. The summed E-state index contributed by atoms with van der Waals surface area (Å²) in [5.41, 5.74) is 0.878. The fraction of sp³-hybridized carbons (Fsp3) is 0.333. The van der Waals surface area contributed by atoms with E-state index in [1.807, 2.05) is 24.3 Å². The minimum atomic E-state index is -0.438. The van der Waals surface area contributed by atoms with Crippen molar-refractivity contribution in [3.63, 3.8) is 0 Å². The van der Waals surface area contributed by atoms with Crippen LogP contribution < -0.4 is 14.8 Å². The first-order chi connectivity index (χ1) is 11.7. The van der Waals surface area contributed by atoms with Gasteiger partial charge in [-0.05, 0) is 29.8 Å². The van der Waals surface area contributed by atoms with Gasteiger partial charge in [0.1, 0.15) is 23.4 Å². The predicted molar refractivity (Wildman–Crippen MR) is 90.4 cm³/mol. The molecule has 1 saturated heterocycles. The molecule has 6 heteroatoms. The van der Waals surface area contributed by atoms with Crippen molar-refractivity contribution in [2.75, 3.05) is 26.8 Å². The van der Waals surface area contributed by atoms with Crippen LogP contribution in [0.25, 0.3) is 0 Å². The summed E-state index contributed by atoms with van der Waals surface area (Å²) in [6.45, 7) is 2.02. The molecule has 1 fully saturated rings. The molecule has 0 radical (unpaired) electrons. The second-order valence-corrected chi connectivity index (χ2v) is 5.91. The molecule has 128 valence electrons. The number of halogens is 2. The maximum absolute atomic E-state index is 13.6. The molecule has 2 atom stereocenters. The van der Waals surface area contributed by atoms with Crippen LogP contribution in [0.15, 0.2) is 42.5 Å². The van der Waals surface area contributed by atoms with E-state index in [1.165, 1.54) is 18.2 Å². The van der Waals surface area contributed by atoms with Crippen molar-refractivity contribution in [2.24, 2.45) is 0 Å². The molecule has 4 nitrogen and oxygen atoms in total. The molecule has 24 heavy (non-hydrogen) atoms. The molecule has 0 aliphatic carbocycles. The lowest BCUT2D eigenvalue weighted by molar-refractivity contribution is -0.0433. The zero-order valence-electron chi connectivity index (χ0n) is 13.3. The minimum Gasteiger partial charge on any atom is -0.497 e. The summed E-state index contributed by atoms with van der Waals surface area (Å²) in [6.07, 6.45) is -0.655. The minimum absolute atomic E-state index is 0.217. The second kappa shape index (κ2) is 7.83. The molecule has 3 rings (SSSR count). The van der Waals surface area contributed by atoms with Crippen LogP contribution in [0.2, 0.25) is 5.02 Å². The van der Waals surface area contributed by atoms with Crippen molar-refractivity contribution in [1.29, 1.82) is 0 Å². The van der Waals surface area contributed by atoms with Crippen molar-refractivity contribution in [1.82, 2.24) is 5.32 Å². The van der Waals surface area contributed by atoms with Crippen LogP contribution in [0.3, 0.4) is 0 Å². The SMILES string of the molecule is COc1cccc([C@H](Oc2cc(F)ccc2Cl)[C@@H]2CNCCO2)c1. The van der Waals surface area contributed by atoms with Crippen LogP contribution in [-0.4, -0.2) is 32.9 Å². The third-order valence-corrected chi connectivity index (χ3v) is 4.18. The van der Waals surface area contributed by atoms with Gasteiger partial charge in [0.2, 0.25) is 0 Å². The van der Waals surface area contributed by atoms with Crippen molar-refractivity contribution < 1.29 is 18.6 Å². The number of ether oxygens (including phenoxy) is 3. The Labute approximate surface area is 145 Å². The van der Waals surface area contributed by atoms with Crippen molar-refractivity contribution >= 4 is 11.6 Å². The van der Waals surface area contributed by atoms with E-state index in [2.05, 4.69) is 5.32 Å². The van der Waals surface area contributed by atoms with E-state index in [-0.39, 0.29) is 6.10 Å². The number of nitrogens with one attached hydrogen (secondary N) is 1. The molecule has 2 aromatic rings. The predicted octanol–water partition coefficient (Wildman–Crippen LogP) is 3.60. The van der Waals surface area contributed by atoms with Crippen molar-refractivity contribution in [3.05, 3.63) is 58.9 Å². The average Bonchev–Trinajstić information content (AvgIpc) is 2.63. The molecule has 0 bridgehead atoms. The molecule has 1 N–H and O–H groups in total. The van der Waals surface area contributed by atoms with E-state index in [0.717, 1.165) is 17.9 Å². The van der Waals surface area contributed by atoms with Gasteiger partial charge >= 0.3 is 0 Å². The molecule has 2 aromatic carbocycles. The first-order valence-corrected chi connectivity index (χ1v) is 8.13. The molecule has 0 spiro atoms. The third-order valence-electron chi connectivity index (χ3n) is 3.86. The van der Waals surface area contributed by atoms with Gasteiger partial charge in [-0.25, -0.2) is 4.39 Å². The van der Waals surface area contributed by atoms with Gasteiger partial charge in [0.05, 0.1) is 18.7 Å². The Balaban J connectivity index is 1.93. The Morgan fingerprint density at radius 2 is 2.17 bits per heavy atom. The number of methoxy groups -OCH3 is 1. The van der Waals surface area contributed by atoms with Gasteiger partial charge in [-0.3, -0.25) is 0 Å². The summed E-state index contributed by atoms with van der Waals surface area (Å²) in [5.74, 6) is 0.607. The monoisotopic (exact) mass is 351 g/mol. The normalized spacial score (nSPS) is 18.9. The Morgan fingerprint density at radius 3 is 2.92 bits per heavy atom.